The van der Waals surface area contributed by atoms with Gasteiger partial charge in [-0.05, 0) is 73.9 Å². The van der Waals surface area contributed by atoms with Crippen molar-refractivity contribution in [2.45, 2.75) is 53.0 Å². The Labute approximate surface area is 199 Å². The van der Waals surface area contributed by atoms with Gasteiger partial charge in [0.1, 0.15) is 0 Å². The molecular formula is C26H37N3O3S. The molecule has 1 amide bonds. The highest BCUT2D eigenvalue weighted by Gasteiger charge is 2.20. The number of nitrogens with one attached hydrogen (secondary N) is 1. The van der Waals surface area contributed by atoms with Crippen molar-refractivity contribution < 1.29 is 13.2 Å². The second-order valence-electron chi connectivity index (χ2n) is 9.29. The molecule has 0 saturated carbocycles. The molecule has 3 rings (SSSR count). The van der Waals surface area contributed by atoms with Gasteiger partial charge in [0.2, 0.25) is 15.9 Å². The molecule has 0 spiro atoms. The predicted octanol–water partition coefficient (Wildman–Crippen LogP) is 4.40. The van der Waals surface area contributed by atoms with E-state index in [1.807, 2.05) is 32.0 Å². The molecule has 7 heteroatoms. The number of amides is 1. The summed E-state index contributed by atoms with van der Waals surface area (Å²) in [6.45, 7) is 9.14. The molecule has 2 aromatic carbocycles. The van der Waals surface area contributed by atoms with Gasteiger partial charge in [-0.15, -0.1) is 0 Å². The summed E-state index contributed by atoms with van der Waals surface area (Å²) in [5.41, 5.74) is 4.96. The first kappa shape index (κ1) is 25.1. The second-order valence-corrected chi connectivity index (χ2v) is 11.2. The molecule has 1 fully saturated rings. The molecule has 2 aromatic rings. The lowest BCUT2D eigenvalue weighted by molar-refractivity contribution is -0.121. The Hall–Kier alpha value is -2.54. The van der Waals surface area contributed by atoms with Crippen molar-refractivity contribution in [2.75, 3.05) is 35.1 Å². The molecule has 33 heavy (non-hydrogen) atoms. The summed E-state index contributed by atoms with van der Waals surface area (Å²) < 4.78 is 26.1. The first-order valence-electron chi connectivity index (χ1n) is 11.8. The molecule has 1 heterocycles. The van der Waals surface area contributed by atoms with Crippen LogP contribution in [0.3, 0.4) is 0 Å². The van der Waals surface area contributed by atoms with Gasteiger partial charge in [-0.1, -0.05) is 31.2 Å². The number of aryl methyl sites for hydroxylation is 1. The van der Waals surface area contributed by atoms with Crippen molar-refractivity contribution in [3.05, 3.63) is 59.2 Å². The Morgan fingerprint density at radius 3 is 2.55 bits per heavy atom. The monoisotopic (exact) mass is 471 g/mol. The molecular weight excluding hydrogens is 434 g/mol. The highest BCUT2D eigenvalue weighted by atomic mass is 32.2. The Balaban J connectivity index is 1.49. The third kappa shape index (κ3) is 6.97. The lowest BCUT2D eigenvalue weighted by atomic mass is 9.99. The van der Waals surface area contributed by atoms with E-state index >= 15 is 0 Å². The first-order chi connectivity index (χ1) is 15.6. The number of carbonyl (C=O) groups excluding carboxylic acids is 1. The number of anilines is 2. The molecule has 0 aliphatic carbocycles. The molecule has 1 aliphatic rings. The van der Waals surface area contributed by atoms with E-state index in [0.717, 1.165) is 35.7 Å². The van der Waals surface area contributed by atoms with E-state index in [4.69, 9.17) is 0 Å². The molecule has 0 radical (unpaired) electrons. The summed E-state index contributed by atoms with van der Waals surface area (Å²) in [6, 6.07) is 14.0. The fourth-order valence-electron chi connectivity index (χ4n) is 4.39. The van der Waals surface area contributed by atoms with Crippen molar-refractivity contribution in [1.82, 2.24) is 5.32 Å². The third-order valence-corrected chi connectivity index (χ3v) is 7.64. The standard InChI is InChI=1S/C26H37N3O3S/c1-20-8-6-16-28(19-20)24-14-12-23(13-15-24)18-27-26(30)11-7-17-29(33(4,31)32)25-10-5-9-21(2)22(25)3/h5,9-10,12-15,20H,6-8,11,16-19H2,1-4H3,(H,27,30)/t20-/m0/s1. The van der Waals surface area contributed by atoms with Crippen LogP contribution in [0.1, 0.15) is 49.3 Å². The smallest absolute Gasteiger partial charge is 0.232 e. The summed E-state index contributed by atoms with van der Waals surface area (Å²) in [4.78, 5) is 14.8. The number of sulfonamides is 1. The highest BCUT2D eigenvalue weighted by molar-refractivity contribution is 7.92. The normalized spacial score (nSPS) is 16.5. The first-order valence-corrected chi connectivity index (χ1v) is 13.6. The van der Waals surface area contributed by atoms with Crippen LogP contribution in [0.15, 0.2) is 42.5 Å². The largest absolute Gasteiger partial charge is 0.371 e. The Kier molecular flexibility index (Phi) is 8.40. The molecule has 1 saturated heterocycles. The zero-order valence-corrected chi connectivity index (χ0v) is 21.1. The van der Waals surface area contributed by atoms with Gasteiger partial charge in [0.15, 0.2) is 0 Å². The summed E-state index contributed by atoms with van der Waals surface area (Å²) in [5.74, 6) is 0.657. The molecule has 6 nitrogen and oxygen atoms in total. The van der Waals surface area contributed by atoms with Gasteiger partial charge in [-0.3, -0.25) is 9.10 Å². The van der Waals surface area contributed by atoms with Gasteiger partial charge >= 0.3 is 0 Å². The number of nitrogens with zero attached hydrogens (tertiary/aromatic N) is 2. The van der Waals surface area contributed by atoms with Crippen molar-refractivity contribution in [3.63, 3.8) is 0 Å². The maximum atomic E-state index is 12.4. The molecule has 1 N–H and O–H groups in total. The van der Waals surface area contributed by atoms with Gasteiger partial charge in [0.25, 0.3) is 0 Å². The van der Waals surface area contributed by atoms with Crippen LogP contribution < -0.4 is 14.5 Å². The minimum Gasteiger partial charge on any atom is -0.371 e. The van der Waals surface area contributed by atoms with E-state index in [9.17, 15) is 13.2 Å². The number of benzene rings is 2. The predicted molar refractivity (Wildman–Crippen MR) is 136 cm³/mol. The zero-order chi connectivity index (χ0) is 24.0. The quantitative estimate of drug-likeness (QED) is 0.588. The van der Waals surface area contributed by atoms with E-state index in [-0.39, 0.29) is 18.9 Å². The minimum atomic E-state index is -3.43. The van der Waals surface area contributed by atoms with Gasteiger partial charge in [0, 0.05) is 38.3 Å². The third-order valence-electron chi connectivity index (χ3n) is 6.46. The summed E-state index contributed by atoms with van der Waals surface area (Å²) in [5, 5.41) is 2.96. The average Bonchev–Trinajstić information content (AvgIpc) is 2.77. The Bertz CT molecular complexity index is 1050. The van der Waals surface area contributed by atoms with E-state index in [2.05, 4.69) is 41.4 Å². The number of hydrogen-bond donors (Lipinski definition) is 1. The molecule has 0 aromatic heterocycles. The van der Waals surface area contributed by atoms with Gasteiger partial charge in [-0.2, -0.15) is 0 Å². The summed E-state index contributed by atoms with van der Waals surface area (Å²) >= 11 is 0. The average molecular weight is 472 g/mol. The van der Waals surface area contributed by atoms with Crippen molar-refractivity contribution in [3.8, 4) is 0 Å². The van der Waals surface area contributed by atoms with Crippen LogP contribution >= 0.6 is 0 Å². The molecule has 1 atom stereocenters. The Morgan fingerprint density at radius 1 is 1.15 bits per heavy atom. The van der Waals surface area contributed by atoms with Crippen molar-refractivity contribution in [1.29, 1.82) is 0 Å². The molecule has 0 unspecified atom stereocenters. The van der Waals surface area contributed by atoms with Crippen LogP contribution in [-0.2, 0) is 21.4 Å². The lowest BCUT2D eigenvalue weighted by Gasteiger charge is -2.32. The summed E-state index contributed by atoms with van der Waals surface area (Å²) in [7, 11) is -3.43. The fraction of sp³-hybridized carbons (Fsp3) is 0.500. The number of carbonyl (C=O) groups is 1. The zero-order valence-electron chi connectivity index (χ0n) is 20.3. The second kappa shape index (κ2) is 11.1. The number of hydrogen-bond acceptors (Lipinski definition) is 4. The lowest BCUT2D eigenvalue weighted by Crippen LogP contribution is -2.34. The number of piperidine rings is 1. The maximum Gasteiger partial charge on any atom is 0.232 e. The van der Waals surface area contributed by atoms with E-state index < -0.39 is 10.0 Å². The summed E-state index contributed by atoms with van der Waals surface area (Å²) in [6.07, 6.45) is 4.48. The van der Waals surface area contributed by atoms with E-state index in [0.29, 0.717) is 18.7 Å². The van der Waals surface area contributed by atoms with Gasteiger partial charge in [0.05, 0.1) is 11.9 Å². The molecule has 1 aliphatic heterocycles. The topological polar surface area (TPSA) is 69.7 Å². The fourth-order valence-corrected chi connectivity index (χ4v) is 5.41. The van der Waals surface area contributed by atoms with Crippen LogP contribution in [-0.4, -0.2) is 40.2 Å². The van der Waals surface area contributed by atoms with Crippen LogP contribution in [0.2, 0.25) is 0 Å². The van der Waals surface area contributed by atoms with Crippen LogP contribution in [0.5, 0.6) is 0 Å². The molecule has 0 bridgehead atoms. The Morgan fingerprint density at radius 2 is 1.88 bits per heavy atom. The van der Waals surface area contributed by atoms with Crippen molar-refractivity contribution in [2.24, 2.45) is 5.92 Å². The van der Waals surface area contributed by atoms with Crippen molar-refractivity contribution >= 4 is 27.3 Å². The van der Waals surface area contributed by atoms with Gasteiger partial charge < -0.3 is 10.2 Å². The minimum absolute atomic E-state index is 0.0710. The van der Waals surface area contributed by atoms with Crippen LogP contribution in [0.4, 0.5) is 11.4 Å². The van der Waals surface area contributed by atoms with E-state index in [1.165, 1.54) is 29.1 Å². The molecule has 180 valence electrons. The van der Waals surface area contributed by atoms with Crippen LogP contribution in [0.25, 0.3) is 0 Å². The number of rotatable bonds is 9. The van der Waals surface area contributed by atoms with Gasteiger partial charge in [-0.25, -0.2) is 8.42 Å². The van der Waals surface area contributed by atoms with Crippen LogP contribution in [0, 0.1) is 19.8 Å². The van der Waals surface area contributed by atoms with E-state index in [1.54, 1.807) is 0 Å². The maximum absolute atomic E-state index is 12.4. The highest BCUT2D eigenvalue weighted by Crippen LogP contribution is 2.25. The SMILES string of the molecule is Cc1cccc(N(CCCC(=O)NCc2ccc(N3CCC[C@H](C)C3)cc2)S(C)(=O)=O)c1C.